The van der Waals surface area contributed by atoms with Crippen LogP contribution in [0.4, 0.5) is 5.82 Å². The fourth-order valence-electron chi connectivity index (χ4n) is 6.64. The number of amidine groups is 1. The lowest BCUT2D eigenvalue weighted by atomic mass is 9.81. The molecule has 10 heteroatoms. The molecule has 2 fully saturated rings. The van der Waals surface area contributed by atoms with Crippen LogP contribution in [-0.4, -0.2) is 70.8 Å². The number of allylic oxidation sites excluding steroid dienone is 1. The number of nitrogens with two attached hydrogens (primary N) is 1. The van der Waals surface area contributed by atoms with E-state index in [1.54, 1.807) is 7.05 Å². The standard InChI is InChI=1S/C31H41ClN8O/c1-17-7-10-22-25(18(2)37-38-22)24(17)28-35-21-11-13-39(30(34-5)26(32)27(33)19-8-9-19)15-20(21)29(36-28)40-14-12-23(41-6)31(3,4)16-40/h7,10,19,23H,8-9,11-16,33H2,1-6H3,(H,37,38)/t23-/m1/s1. The summed E-state index contributed by atoms with van der Waals surface area (Å²) >= 11 is 6.85. The molecule has 3 N–H and O–H groups in total. The zero-order valence-corrected chi connectivity index (χ0v) is 25.8. The molecule has 3 aliphatic rings. The quantitative estimate of drug-likeness (QED) is 0.321. The molecule has 1 saturated carbocycles. The molecule has 0 bridgehead atoms. The lowest BCUT2D eigenvalue weighted by molar-refractivity contribution is -0.00649. The average Bonchev–Trinajstić information content (AvgIpc) is 3.74. The number of ether oxygens (including phenoxy) is 1. The maximum absolute atomic E-state index is 6.85. The van der Waals surface area contributed by atoms with Crippen molar-refractivity contribution in [3.05, 3.63) is 45.4 Å². The van der Waals surface area contributed by atoms with Gasteiger partial charge in [-0.2, -0.15) is 5.10 Å². The fourth-order valence-corrected chi connectivity index (χ4v) is 7.00. The number of H-pyrrole nitrogens is 1. The molecule has 1 saturated heterocycles. The summed E-state index contributed by atoms with van der Waals surface area (Å²) in [5, 5.41) is 9.34. The highest BCUT2D eigenvalue weighted by Gasteiger charge is 2.39. The molecule has 218 valence electrons. The number of benzene rings is 1. The maximum atomic E-state index is 6.85. The second-order valence-electron chi connectivity index (χ2n) is 12.5. The van der Waals surface area contributed by atoms with E-state index in [-0.39, 0.29) is 11.5 Å². The minimum atomic E-state index is -0.0305. The van der Waals surface area contributed by atoms with Gasteiger partial charge in [0.1, 0.15) is 16.7 Å². The number of methoxy groups -OCH3 is 1. The van der Waals surface area contributed by atoms with Crippen molar-refractivity contribution in [1.82, 2.24) is 25.1 Å². The molecule has 2 aliphatic heterocycles. The fraction of sp³-hybridized carbons (Fsp3) is 0.548. The van der Waals surface area contributed by atoms with E-state index in [4.69, 9.17) is 32.0 Å². The Hall–Kier alpha value is -3.17. The van der Waals surface area contributed by atoms with Crippen molar-refractivity contribution >= 4 is 34.2 Å². The molecule has 2 aromatic heterocycles. The summed E-state index contributed by atoms with van der Waals surface area (Å²) in [6.45, 7) is 11.8. The Bertz CT molecular complexity index is 1550. The molecule has 6 rings (SSSR count). The van der Waals surface area contributed by atoms with Crippen molar-refractivity contribution in [3.63, 3.8) is 0 Å². The van der Waals surface area contributed by atoms with Crippen molar-refractivity contribution < 1.29 is 4.74 Å². The van der Waals surface area contributed by atoms with Gasteiger partial charge in [-0.3, -0.25) is 10.1 Å². The Morgan fingerprint density at radius 1 is 1.17 bits per heavy atom. The second-order valence-corrected chi connectivity index (χ2v) is 12.9. The number of aliphatic imine (C=N–C) groups is 1. The Morgan fingerprint density at radius 2 is 1.95 bits per heavy atom. The lowest BCUT2D eigenvalue weighted by Crippen LogP contribution is -2.50. The molecule has 0 spiro atoms. The van der Waals surface area contributed by atoms with Gasteiger partial charge in [-0.25, -0.2) is 9.97 Å². The minimum absolute atomic E-state index is 0.0305. The number of aromatic nitrogens is 4. The zero-order valence-electron chi connectivity index (χ0n) is 25.0. The van der Waals surface area contributed by atoms with Crippen LogP contribution in [0, 0.1) is 25.2 Å². The van der Waals surface area contributed by atoms with Gasteiger partial charge in [0.2, 0.25) is 0 Å². The monoisotopic (exact) mass is 576 g/mol. The van der Waals surface area contributed by atoms with E-state index >= 15 is 0 Å². The minimum Gasteiger partial charge on any atom is -0.401 e. The van der Waals surface area contributed by atoms with E-state index in [1.165, 1.54) is 0 Å². The van der Waals surface area contributed by atoms with E-state index in [0.29, 0.717) is 17.5 Å². The van der Waals surface area contributed by atoms with Gasteiger partial charge in [0, 0.05) is 86.0 Å². The summed E-state index contributed by atoms with van der Waals surface area (Å²) in [5.41, 5.74) is 13.5. The Morgan fingerprint density at radius 3 is 2.63 bits per heavy atom. The second kappa shape index (κ2) is 10.6. The molecule has 1 aromatic carbocycles. The third kappa shape index (κ3) is 4.97. The van der Waals surface area contributed by atoms with Crippen LogP contribution in [0.3, 0.4) is 0 Å². The lowest BCUT2D eigenvalue weighted by Gasteiger charge is -2.45. The number of rotatable bonds is 5. The largest absolute Gasteiger partial charge is 0.401 e. The van der Waals surface area contributed by atoms with Crippen molar-refractivity contribution in [1.29, 1.82) is 0 Å². The highest BCUT2D eigenvalue weighted by molar-refractivity contribution is 6.43. The molecule has 3 aromatic rings. The van der Waals surface area contributed by atoms with Crippen LogP contribution in [0.1, 0.15) is 55.6 Å². The van der Waals surface area contributed by atoms with Crippen molar-refractivity contribution in [2.45, 2.75) is 66.0 Å². The van der Waals surface area contributed by atoms with Gasteiger partial charge >= 0.3 is 0 Å². The molecule has 0 radical (unpaired) electrons. The predicted octanol–water partition coefficient (Wildman–Crippen LogP) is 5.09. The molecular weight excluding hydrogens is 536 g/mol. The van der Waals surface area contributed by atoms with Crippen molar-refractivity contribution in [2.24, 2.45) is 22.1 Å². The van der Waals surface area contributed by atoms with Crippen LogP contribution < -0.4 is 10.6 Å². The predicted molar refractivity (Wildman–Crippen MR) is 165 cm³/mol. The van der Waals surface area contributed by atoms with Gasteiger partial charge in [-0.15, -0.1) is 0 Å². The van der Waals surface area contributed by atoms with Gasteiger partial charge in [0.15, 0.2) is 5.82 Å². The van der Waals surface area contributed by atoms with Gasteiger partial charge in [-0.05, 0) is 44.7 Å². The number of fused-ring (bicyclic) bond motifs is 2. The van der Waals surface area contributed by atoms with Crippen LogP contribution in [0.15, 0.2) is 27.9 Å². The normalized spacial score (nSPS) is 21.7. The third-order valence-corrected chi connectivity index (χ3v) is 9.45. The topological polar surface area (TPSA) is 109 Å². The third-order valence-electron chi connectivity index (χ3n) is 9.07. The van der Waals surface area contributed by atoms with Gasteiger partial charge in [0.25, 0.3) is 0 Å². The van der Waals surface area contributed by atoms with E-state index in [0.717, 1.165) is 107 Å². The molecule has 0 unspecified atom stereocenters. The molecule has 9 nitrogen and oxygen atoms in total. The number of halogens is 1. The number of nitrogens with one attached hydrogen (secondary N) is 1. The van der Waals surface area contributed by atoms with Crippen LogP contribution in [0.25, 0.3) is 22.3 Å². The first-order valence-corrected chi connectivity index (χ1v) is 15.0. The molecule has 1 aliphatic carbocycles. The first-order chi connectivity index (χ1) is 19.6. The molecular formula is C31H41ClN8O. The number of hydrogen-bond acceptors (Lipinski definition) is 7. The first kappa shape index (κ1) is 28.0. The summed E-state index contributed by atoms with van der Waals surface area (Å²) < 4.78 is 5.88. The SMILES string of the molecule is CN=C(C(Cl)=C(N)C1CC1)N1CCc2nc(-c3c(C)ccc4n[nH]c(C)c34)nc(N3CC[C@@H](OC)C(C)(C)C3)c2C1. The number of piperidine rings is 1. The van der Waals surface area contributed by atoms with E-state index in [1.807, 2.05) is 7.11 Å². The number of aromatic amines is 1. The van der Waals surface area contributed by atoms with Gasteiger partial charge < -0.3 is 20.3 Å². The highest BCUT2D eigenvalue weighted by atomic mass is 35.5. The smallest absolute Gasteiger partial charge is 0.162 e. The summed E-state index contributed by atoms with van der Waals surface area (Å²) in [6, 6.07) is 4.17. The van der Waals surface area contributed by atoms with Gasteiger partial charge in [0.05, 0.1) is 17.3 Å². The summed E-state index contributed by atoms with van der Waals surface area (Å²) in [4.78, 5) is 19.9. The number of aryl methyl sites for hydroxylation is 2. The van der Waals surface area contributed by atoms with Crippen LogP contribution in [0.5, 0.6) is 0 Å². The van der Waals surface area contributed by atoms with E-state index < -0.39 is 0 Å². The molecule has 1 atom stereocenters. The van der Waals surface area contributed by atoms with E-state index in [2.05, 4.69) is 64.8 Å². The number of anilines is 1. The molecule has 4 heterocycles. The number of hydrogen-bond donors (Lipinski definition) is 2. The first-order valence-electron chi connectivity index (χ1n) is 14.6. The van der Waals surface area contributed by atoms with Crippen LogP contribution >= 0.6 is 11.6 Å². The van der Waals surface area contributed by atoms with Crippen LogP contribution in [0.2, 0.25) is 0 Å². The van der Waals surface area contributed by atoms with E-state index in [9.17, 15) is 0 Å². The summed E-state index contributed by atoms with van der Waals surface area (Å²) in [7, 11) is 3.61. The molecule has 41 heavy (non-hydrogen) atoms. The average molecular weight is 577 g/mol. The van der Waals surface area contributed by atoms with Gasteiger partial charge in [-0.1, -0.05) is 31.5 Å². The van der Waals surface area contributed by atoms with Crippen molar-refractivity contribution in [3.8, 4) is 11.4 Å². The zero-order chi connectivity index (χ0) is 29.1. The summed E-state index contributed by atoms with van der Waals surface area (Å²) in [5.74, 6) is 2.87. The Kier molecular flexibility index (Phi) is 7.22. The maximum Gasteiger partial charge on any atom is 0.162 e. The Balaban J connectivity index is 1.47. The molecule has 0 amide bonds. The Labute approximate surface area is 247 Å². The summed E-state index contributed by atoms with van der Waals surface area (Å²) in [6.07, 6.45) is 4.09. The van der Waals surface area contributed by atoms with Crippen LogP contribution in [-0.2, 0) is 17.7 Å². The highest BCUT2D eigenvalue weighted by Crippen LogP contribution is 2.40. The van der Waals surface area contributed by atoms with Crippen molar-refractivity contribution in [2.75, 3.05) is 38.7 Å². The number of nitrogens with zero attached hydrogens (tertiary/aromatic N) is 6.